The van der Waals surface area contributed by atoms with Gasteiger partial charge in [0.05, 0.1) is 13.2 Å². The number of fused-ring (bicyclic) bond motifs is 1. The molecule has 1 amide bonds. The molecule has 1 aromatic carbocycles. The molecule has 0 atom stereocenters. The summed E-state index contributed by atoms with van der Waals surface area (Å²) in [4.78, 5) is 18.7. The normalized spacial score (nSPS) is 20.8. The van der Waals surface area contributed by atoms with Crippen LogP contribution in [0.3, 0.4) is 0 Å². The van der Waals surface area contributed by atoms with E-state index in [2.05, 4.69) is 15.2 Å². The summed E-state index contributed by atoms with van der Waals surface area (Å²) in [5, 5.41) is 2.55. The van der Waals surface area contributed by atoms with Crippen LogP contribution in [0.15, 0.2) is 53.7 Å². The summed E-state index contributed by atoms with van der Waals surface area (Å²) in [6, 6.07) is 10.7. The molecule has 8 nitrogen and oxygen atoms in total. The SMILES string of the molecule is CNC(=O)CN1CC2(CCN(Cc3ccncc3)CC2)COc2ccccc2S1(=O)=O. The lowest BCUT2D eigenvalue weighted by molar-refractivity contribution is -0.121. The lowest BCUT2D eigenvalue weighted by Gasteiger charge is -2.44. The zero-order chi connectivity index (χ0) is 21.9. The number of nitrogens with zero attached hydrogens (tertiary/aromatic N) is 3. The summed E-state index contributed by atoms with van der Waals surface area (Å²) in [6.45, 7) is 2.99. The molecule has 0 unspecified atom stereocenters. The predicted octanol–water partition coefficient (Wildman–Crippen LogP) is 1.49. The molecule has 4 rings (SSSR count). The summed E-state index contributed by atoms with van der Waals surface area (Å²) in [5.41, 5.74) is 0.862. The number of likely N-dealkylation sites (N-methyl/N-ethyl adjacent to an activating group) is 1. The highest BCUT2D eigenvalue weighted by molar-refractivity contribution is 7.89. The van der Waals surface area contributed by atoms with Crippen molar-refractivity contribution >= 4 is 15.9 Å². The fourth-order valence-electron chi connectivity index (χ4n) is 4.27. The number of likely N-dealkylation sites (tertiary alicyclic amines) is 1. The molecule has 0 radical (unpaired) electrons. The van der Waals surface area contributed by atoms with Crippen molar-refractivity contribution < 1.29 is 17.9 Å². The van der Waals surface area contributed by atoms with Gasteiger partial charge < -0.3 is 10.1 Å². The van der Waals surface area contributed by atoms with Crippen LogP contribution < -0.4 is 10.1 Å². The second-order valence-electron chi connectivity index (χ2n) is 8.31. The first-order valence-electron chi connectivity index (χ1n) is 10.5. The van der Waals surface area contributed by atoms with Crippen LogP contribution in [0.25, 0.3) is 0 Å². The van der Waals surface area contributed by atoms with Crippen molar-refractivity contribution in [3.05, 3.63) is 54.4 Å². The maximum absolute atomic E-state index is 13.4. The van der Waals surface area contributed by atoms with Crippen LogP contribution in [-0.4, -0.2) is 68.3 Å². The van der Waals surface area contributed by atoms with Gasteiger partial charge in [0.2, 0.25) is 15.9 Å². The third-order valence-corrected chi connectivity index (χ3v) is 8.01. The molecule has 0 aliphatic carbocycles. The summed E-state index contributed by atoms with van der Waals surface area (Å²) >= 11 is 0. The molecule has 1 N–H and O–H groups in total. The van der Waals surface area contributed by atoms with Gasteiger partial charge in [0.15, 0.2) is 0 Å². The van der Waals surface area contributed by atoms with E-state index in [9.17, 15) is 13.2 Å². The molecule has 2 aliphatic heterocycles. The van der Waals surface area contributed by atoms with E-state index in [0.717, 1.165) is 32.5 Å². The van der Waals surface area contributed by atoms with E-state index in [1.54, 1.807) is 30.6 Å². The number of para-hydroxylation sites is 1. The Balaban J connectivity index is 1.57. The van der Waals surface area contributed by atoms with Crippen LogP contribution in [0.2, 0.25) is 0 Å². The minimum atomic E-state index is -3.86. The van der Waals surface area contributed by atoms with Gasteiger partial charge in [-0.2, -0.15) is 4.31 Å². The number of ether oxygens (including phenoxy) is 1. The van der Waals surface area contributed by atoms with Crippen molar-refractivity contribution in [2.75, 3.05) is 39.8 Å². The van der Waals surface area contributed by atoms with Crippen molar-refractivity contribution in [3.8, 4) is 5.75 Å². The van der Waals surface area contributed by atoms with Crippen LogP contribution in [0.1, 0.15) is 18.4 Å². The van der Waals surface area contributed by atoms with E-state index in [1.807, 2.05) is 12.1 Å². The molecule has 1 saturated heterocycles. The molecule has 2 aromatic rings. The molecule has 0 bridgehead atoms. The Morgan fingerprint density at radius 2 is 1.87 bits per heavy atom. The number of rotatable bonds is 4. The molecule has 9 heteroatoms. The highest BCUT2D eigenvalue weighted by atomic mass is 32.2. The van der Waals surface area contributed by atoms with Gasteiger partial charge in [0, 0.05) is 37.9 Å². The average Bonchev–Trinajstić information content (AvgIpc) is 2.79. The van der Waals surface area contributed by atoms with Crippen LogP contribution in [-0.2, 0) is 21.4 Å². The molecule has 31 heavy (non-hydrogen) atoms. The monoisotopic (exact) mass is 444 g/mol. The van der Waals surface area contributed by atoms with E-state index in [-0.39, 0.29) is 29.3 Å². The topological polar surface area (TPSA) is 91.8 Å². The van der Waals surface area contributed by atoms with Gasteiger partial charge in [0.25, 0.3) is 0 Å². The standard InChI is InChI=1S/C22H28N4O4S/c1-23-21(27)15-26-16-22(17-30-19-4-2-3-5-20(19)31(26,28)29)8-12-25(13-9-22)14-18-6-10-24-11-7-18/h2-7,10-11H,8-9,12-17H2,1H3,(H,23,27). The van der Waals surface area contributed by atoms with Crippen molar-refractivity contribution in [2.45, 2.75) is 24.3 Å². The molecule has 3 heterocycles. The highest BCUT2D eigenvalue weighted by Gasteiger charge is 2.43. The first-order valence-corrected chi connectivity index (χ1v) is 11.9. The maximum Gasteiger partial charge on any atom is 0.247 e. The Kier molecular flexibility index (Phi) is 6.27. The number of nitrogens with one attached hydrogen (secondary N) is 1. The Morgan fingerprint density at radius 3 is 2.58 bits per heavy atom. The van der Waals surface area contributed by atoms with Gasteiger partial charge in [-0.05, 0) is 55.8 Å². The van der Waals surface area contributed by atoms with E-state index in [1.165, 1.54) is 23.0 Å². The number of hydrogen-bond donors (Lipinski definition) is 1. The molecule has 166 valence electrons. The summed E-state index contributed by atoms with van der Waals surface area (Å²) < 4.78 is 34.2. The second kappa shape index (κ2) is 8.94. The summed E-state index contributed by atoms with van der Waals surface area (Å²) in [7, 11) is -2.34. The Hall–Kier alpha value is -2.49. The van der Waals surface area contributed by atoms with Gasteiger partial charge in [-0.15, -0.1) is 0 Å². The number of amides is 1. The lowest BCUT2D eigenvalue weighted by Crippen LogP contribution is -2.53. The first kappa shape index (κ1) is 21.7. The smallest absolute Gasteiger partial charge is 0.247 e. The number of aromatic nitrogens is 1. The molecule has 2 aliphatic rings. The van der Waals surface area contributed by atoms with Crippen molar-refractivity contribution in [1.29, 1.82) is 0 Å². The van der Waals surface area contributed by atoms with Crippen LogP contribution in [0.4, 0.5) is 0 Å². The number of carbonyl (C=O) groups excluding carboxylic acids is 1. The van der Waals surface area contributed by atoms with Gasteiger partial charge >= 0.3 is 0 Å². The van der Waals surface area contributed by atoms with E-state index in [4.69, 9.17) is 4.74 Å². The van der Waals surface area contributed by atoms with E-state index >= 15 is 0 Å². The number of pyridine rings is 1. The Morgan fingerprint density at radius 1 is 1.16 bits per heavy atom. The fourth-order valence-corrected chi connectivity index (χ4v) is 5.91. The predicted molar refractivity (Wildman–Crippen MR) is 116 cm³/mol. The minimum absolute atomic E-state index is 0.115. The van der Waals surface area contributed by atoms with Crippen molar-refractivity contribution in [3.63, 3.8) is 0 Å². The largest absolute Gasteiger partial charge is 0.492 e. The Bertz CT molecular complexity index is 1020. The minimum Gasteiger partial charge on any atom is -0.492 e. The van der Waals surface area contributed by atoms with Crippen LogP contribution in [0.5, 0.6) is 5.75 Å². The number of piperidine rings is 1. The third kappa shape index (κ3) is 4.73. The summed E-state index contributed by atoms with van der Waals surface area (Å²) in [6.07, 6.45) is 5.17. The summed E-state index contributed by atoms with van der Waals surface area (Å²) in [5.74, 6) is 0.0236. The number of sulfonamides is 1. The zero-order valence-electron chi connectivity index (χ0n) is 17.7. The van der Waals surface area contributed by atoms with Crippen molar-refractivity contribution in [1.82, 2.24) is 19.5 Å². The zero-order valence-corrected chi connectivity index (χ0v) is 18.5. The molecule has 1 fully saturated rings. The average molecular weight is 445 g/mol. The highest BCUT2D eigenvalue weighted by Crippen LogP contribution is 2.39. The quantitative estimate of drug-likeness (QED) is 0.768. The van der Waals surface area contributed by atoms with Gasteiger partial charge in [-0.25, -0.2) is 8.42 Å². The Labute approximate surface area is 183 Å². The molecule has 0 saturated carbocycles. The molecule has 1 spiro atoms. The second-order valence-corrected chi connectivity index (χ2v) is 10.2. The molecular formula is C22H28N4O4S. The molecular weight excluding hydrogens is 416 g/mol. The van der Waals surface area contributed by atoms with E-state index < -0.39 is 10.0 Å². The van der Waals surface area contributed by atoms with Crippen molar-refractivity contribution in [2.24, 2.45) is 5.41 Å². The fraction of sp³-hybridized carbons (Fsp3) is 0.455. The lowest BCUT2D eigenvalue weighted by atomic mass is 9.78. The molecule has 1 aromatic heterocycles. The number of carbonyl (C=O) groups is 1. The first-order chi connectivity index (χ1) is 14.9. The third-order valence-electron chi connectivity index (χ3n) is 6.18. The van der Waals surface area contributed by atoms with Gasteiger partial charge in [-0.3, -0.25) is 14.7 Å². The number of hydrogen-bond acceptors (Lipinski definition) is 6. The van der Waals surface area contributed by atoms with Crippen LogP contribution >= 0.6 is 0 Å². The number of benzene rings is 1. The maximum atomic E-state index is 13.4. The van der Waals surface area contributed by atoms with Crippen LogP contribution in [0, 0.1) is 5.41 Å². The van der Waals surface area contributed by atoms with Gasteiger partial charge in [-0.1, -0.05) is 12.1 Å². The van der Waals surface area contributed by atoms with Gasteiger partial charge in [0.1, 0.15) is 10.6 Å². The van der Waals surface area contributed by atoms with E-state index in [0.29, 0.717) is 12.4 Å².